The number of hydrogen-bond acceptors (Lipinski definition) is 12. The molecule has 1 aliphatic heterocycles. The largest absolute Gasteiger partial charge is 0.492 e. The van der Waals surface area contributed by atoms with Gasteiger partial charge in [0.15, 0.2) is 15.5 Å². The molecule has 14 nitrogen and oxygen atoms in total. The number of aromatic carboxylic acids is 1. The van der Waals surface area contributed by atoms with E-state index in [0.717, 1.165) is 44.0 Å². The molecule has 0 bridgehead atoms. The molecule has 0 spiro atoms. The van der Waals surface area contributed by atoms with Crippen LogP contribution >= 0.6 is 0 Å². The highest BCUT2D eigenvalue weighted by Crippen LogP contribution is 2.37. The molecule has 0 amide bonds. The number of nitrogens with one attached hydrogen (secondary N) is 2. The molecule has 4 heterocycles. The van der Waals surface area contributed by atoms with Crippen LogP contribution in [-0.4, -0.2) is 98.6 Å². The van der Waals surface area contributed by atoms with Gasteiger partial charge in [0.1, 0.15) is 34.4 Å². The van der Waals surface area contributed by atoms with Gasteiger partial charge in [-0.25, -0.2) is 33.1 Å². The van der Waals surface area contributed by atoms with Gasteiger partial charge in [-0.05, 0) is 47.1 Å². The Balaban J connectivity index is 1.27. The van der Waals surface area contributed by atoms with Crippen LogP contribution in [0.5, 0.6) is 5.75 Å². The molecule has 15 heteroatoms. The number of ether oxygens (including phenoxy) is 1. The minimum absolute atomic E-state index is 0.0823. The van der Waals surface area contributed by atoms with E-state index in [1.54, 1.807) is 32.9 Å². The average Bonchev–Trinajstić information content (AvgIpc) is 3.31. The zero-order chi connectivity index (χ0) is 31.6. The number of sulfone groups is 1. The molecule has 1 aromatic carbocycles. The molecular formula is C29H37N9O5S. The standard InChI is InChI=1S/C29H37N9O5S/c1-18-19(2)35-36-26(18)34-27-20-13-24(44(41,42)29(3,4)5)23(14-21(20)32-17-33-27)43-12-6-7-37-8-10-38(11-9-37)25-16-30-22(15-31-25)28(39)40/h13-17H,6-12H2,1-5H3,(H,39,40)(H2,32,33,34,35,36). The number of carbonyl (C=O) groups is 1. The van der Waals surface area contributed by atoms with Crippen molar-refractivity contribution in [3.05, 3.63) is 47.8 Å². The number of benzene rings is 1. The lowest BCUT2D eigenvalue weighted by atomic mass is 10.2. The molecular weight excluding hydrogens is 586 g/mol. The number of fused-ring (bicyclic) bond motifs is 1. The first kappa shape index (κ1) is 31.1. The summed E-state index contributed by atoms with van der Waals surface area (Å²) >= 11 is 0. The Morgan fingerprint density at radius 3 is 2.43 bits per heavy atom. The smallest absolute Gasteiger partial charge is 0.356 e. The van der Waals surface area contributed by atoms with Crippen LogP contribution in [0.2, 0.25) is 0 Å². The lowest BCUT2D eigenvalue weighted by molar-refractivity contribution is 0.0690. The van der Waals surface area contributed by atoms with E-state index in [1.807, 2.05) is 13.8 Å². The molecule has 3 N–H and O–H groups in total. The number of aromatic nitrogens is 6. The molecule has 0 saturated carbocycles. The fourth-order valence-electron chi connectivity index (χ4n) is 4.81. The molecule has 1 fully saturated rings. The van der Waals surface area contributed by atoms with Crippen LogP contribution in [0.1, 0.15) is 48.9 Å². The summed E-state index contributed by atoms with van der Waals surface area (Å²) in [6.07, 6.45) is 4.88. The van der Waals surface area contributed by atoms with Crippen molar-refractivity contribution < 1.29 is 23.1 Å². The van der Waals surface area contributed by atoms with E-state index in [-0.39, 0.29) is 16.3 Å². The topological polar surface area (TPSA) is 179 Å². The summed E-state index contributed by atoms with van der Waals surface area (Å²) in [4.78, 5) is 32.5. The Labute approximate surface area is 255 Å². The molecule has 0 radical (unpaired) electrons. The van der Waals surface area contributed by atoms with Crippen molar-refractivity contribution in [2.24, 2.45) is 0 Å². The zero-order valence-corrected chi connectivity index (χ0v) is 26.3. The first-order valence-corrected chi connectivity index (χ1v) is 15.8. The Bertz CT molecular complexity index is 1760. The maximum absolute atomic E-state index is 13.7. The Kier molecular flexibility index (Phi) is 8.70. The van der Waals surface area contributed by atoms with E-state index >= 15 is 0 Å². The first-order chi connectivity index (χ1) is 20.8. The van der Waals surface area contributed by atoms with Gasteiger partial charge in [0.25, 0.3) is 0 Å². The number of aromatic amines is 1. The van der Waals surface area contributed by atoms with Crippen LogP contribution in [0.4, 0.5) is 17.5 Å². The molecule has 234 valence electrons. The molecule has 0 atom stereocenters. The van der Waals surface area contributed by atoms with E-state index in [9.17, 15) is 13.2 Å². The van der Waals surface area contributed by atoms with E-state index in [4.69, 9.17) is 9.84 Å². The third-order valence-electron chi connectivity index (χ3n) is 7.72. The van der Waals surface area contributed by atoms with Gasteiger partial charge in [-0.3, -0.25) is 10.00 Å². The molecule has 0 aliphatic carbocycles. The number of anilines is 3. The lowest BCUT2D eigenvalue weighted by Crippen LogP contribution is -2.47. The van der Waals surface area contributed by atoms with E-state index in [0.29, 0.717) is 41.4 Å². The number of rotatable bonds is 10. The van der Waals surface area contributed by atoms with Crippen molar-refractivity contribution in [1.29, 1.82) is 0 Å². The maximum atomic E-state index is 13.7. The highest BCUT2D eigenvalue weighted by Gasteiger charge is 2.34. The SMILES string of the molecule is Cc1n[nH]c(Nc2ncnc3cc(OCCCN4CCN(c5cnc(C(=O)O)cn5)CC4)c(S(=O)(=O)C(C)(C)C)cc23)c1C. The van der Waals surface area contributed by atoms with Crippen LogP contribution in [0.25, 0.3) is 10.9 Å². The van der Waals surface area contributed by atoms with Crippen molar-refractivity contribution in [3.8, 4) is 5.75 Å². The third kappa shape index (κ3) is 6.43. The molecule has 5 rings (SSSR count). The van der Waals surface area contributed by atoms with Crippen LogP contribution in [-0.2, 0) is 9.84 Å². The Morgan fingerprint density at radius 1 is 1.07 bits per heavy atom. The van der Waals surface area contributed by atoms with Crippen molar-refractivity contribution in [2.45, 2.75) is 50.7 Å². The van der Waals surface area contributed by atoms with Crippen LogP contribution in [0, 0.1) is 13.8 Å². The predicted octanol–water partition coefficient (Wildman–Crippen LogP) is 3.36. The molecule has 1 aliphatic rings. The molecule has 4 aromatic rings. The highest BCUT2D eigenvalue weighted by molar-refractivity contribution is 7.92. The summed E-state index contributed by atoms with van der Waals surface area (Å²) < 4.78 is 32.5. The molecule has 44 heavy (non-hydrogen) atoms. The van der Waals surface area contributed by atoms with E-state index < -0.39 is 20.6 Å². The van der Waals surface area contributed by atoms with Crippen LogP contribution in [0.15, 0.2) is 35.7 Å². The fourth-order valence-corrected chi connectivity index (χ4v) is 6.13. The predicted molar refractivity (Wildman–Crippen MR) is 166 cm³/mol. The van der Waals surface area contributed by atoms with Gasteiger partial charge in [0.2, 0.25) is 0 Å². The van der Waals surface area contributed by atoms with Gasteiger partial charge in [-0.2, -0.15) is 5.10 Å². The molecule has 1 saturated heterocycles. The van der Waals surface area contributed by atoms with Crippen molar-refractivity contribution in [3.63, 3.8) is 0 Å². The minimum Gasteiger partial charge on any atom is -0.492 e. The monoisotopic (exact) mass is 623 g/mol. The summed E-state index contributed by atoms with van der Waals surface area (Å²) in [5, 5.41) is 20.0. The first-order valence-electron chi connectivity index (χ1n) is 14.3. The zero-order valence-electron chi connectivity index (χ0n) is 25.5. The summed E-state index contributed by atoms with van der Waals surface area (Å²) in [6.45, 7) is 13.0. The summed E-state index contributed by atoms with van der Waals surface area (Å²) in [6, 6.07) is 3.26. The minimum atomic E-state index is -3.78. The Hall–Kier alpha value is -4.37. The van der Waals surface area contributed by atoms with E-state index in [1.165, 1.54) is 18.7 Å². The number of nitrogens with zero attached hydrogens (tertiary/aromatic N) is 7. The Morgan fingerprint density at radius 2 is 1.82 bits per heavy atom. The quantitative estimate of drug-likeness (QED) is 0.219. The maximum Gasteiger partial charge on any atom is 0.356 e. The van der Waals surface area contributed by atoms with Gasteiger partial charge >= 0.3 is 5.97 Å². The number of H-pyrrole nitrogens is 1. The average molecular weight is 624 g/mol. The second-order valence-corrected chi connectivity index (χ2v) is 14.4. The van der Waals surface area contributed by atoms with Gasteiger partial charge < -0.3 is 20.1 Å². The van der Waals surface area contributed by atoms with Crippen molar-refractivity contribution in [1.82, 2.24) is 35.0 Å². The van der Waals surface area contributed by atoms with Crippen LogP contribution in [0.3, 0.4) is 0 Å². The van der Waals surface area contributed by atoms with Crippen molar-refractivity contribution in [2.75, 3.05) is 49.5 Å². The van der Waals surface area contributed by atoms with Gasteiger partial charge in [0, 0.05) is 49.7 Å². The number of carboxylic acids is 1. The third-order valence-corrected chi connectivity index (χ3v) is 10.2. The number of aryl methyl sites for hydroxylation is 1. The number of hydrogen-bond donors (Lipinski definition) is 3. The number of piperazine rings is 1. The highest BCUT2D eigenvalue weighted by atomic mass is 32.2. The second-order valence-electron chi connectivity index (χ2n) is 11.7. The van der Waals surface area contributed by atoms with Gasteiger partial charge in [-0.15, -0.1) is 0 Å². The summed E-state index contributed by atoms with van der Waals surface area (Å²) in [5.41, 5.74) is 2.25. The molecule has 0 unspecified atom stereocenters. The molecule has 3 aromatic heterocycles. The fraction of sp³-hybridized carbons (Fsp3) is 0.448. The summed E-state index contributed by atoms with van der Waals surface area (Å²) in [5.74, 6) is 0.945. The lowest BCUT2D eigenvalue weighted by Gasteiger charge is -2.35. The number of carboxylic acid groups (broad SMARTS) is 1. The van der Waals surface area contributed by atoms with Crippen LogP contribution < -0.4 is 15.0 Å². The second kappa shape index (κ2) is 12.3. The van der Waals surface area contributed by atoms with Crippen molar-refractivity contribution >= 4 is 44.2 Å². The van der Waals surface area contributed by atoms with Gasteiger partial charge in [-0.1, -0.05) is 0 Å². The van der Waals surface area contributed by atoms with E-state index in [2.05, 4.69) is 45.2 Å². The van der Waals surface area contributed by atoms with Gasteiger partial charge in [0.05, 0.1) is 35.0 Å². The summed E-state index contributed by atoms with van der Waals surface area (Å²) in [7, 11) is -3.78. The normalized spacial score (nSPS) is 14.6.